The van der Waals surface area contributed by atoms with Gasteiger partial charge in [0.1, 0.15) is 6.54 Å². The van der Waals surface area contributed by atoms with Crippen molar-refractivity contribution in [3.63, 3.8) is 0 Å². The summed E-state index contributed by atoms with van der Waals surface area (Å²) in [5.41, 5.74) is -0.308. The van der Waals surface area contributed by atoms with Gasteiger partial charge in [0.15, 0.2) is 5.76 Å². The minimum absolute atomic E-state index is 0.104. The van der Waals surface area contributed by atoms with E-state index in [1.807, 2.05) is 0 Å². The van der Waals surface area contributed by atoms with Crippen LogP contribution in [0.4, 0.5) is 0 Å². The number of aromatic nitrogens is 2. The second-order valence-electron chi connectivity index (χ2n) is 2.92. The minimum Gasteiger partial charge on any atom is -0.461 e. The third kappa shape index (κ3) is 2.01. The molecule has 2 aromatic rings. The normalized spacial score (nSPS) is 10.1. The molecule has 0 bridgehead atoms. The van der Waals surface area contributed by atoms with Crippen molar-refractivity contribution in [3.05, 3.63) is 52.8 Å². The molecule has 0 aliphatic rings. The van der Waals surface area contributed by atoms with Crippen molar-refractivity contribution in [2.24, 2.45) is 0 Å². The van der Waals surface area contributed by atoms with Gasteiger partial charge in [-0.1, -0.05) is 0 Å². The van der Waals surface area contributed by atoms with Gasteiger partial charge in [-0.2, -0.15) is 5.10 Å². The van der Waals surface area contributed by atoms with Gasteiger partial charge in [0.05, 0.1) is 6.26 Å². The van der Waals surface area contributed by atoms with E-state index in [9.17, 15) is 9.59 Å². The molecule has 0 atom stereocenters. The molecule has 15 heavy (non-hydrogen) atoms. The average Bonchev–Trinajstić information content (AvgIpc) is 2.74. The van der Waals surface area contributed by atoms with Crippen LogP contribution in [0.2, 0.25) is 0 Å². The Bertz CT molecular complexity index is 513. The standard InChI is InChI=1S/C10H8N2O3/c13-8(9-3-2-6-15-9)7-12-10(14)4-1-5-11-12/h1-6H,7H2. The van der Waals surface area contributed by atoms with Gasteiger partial charge < -0.3 is 4.42 Å². The SMILES string of the molecule is O=C(Cn1ncccc1=O)c1ccco1. The molecule has 0 saturated carbocycles. The van der Waals surface area contributed by atoms with E-state index in [0.717, 1.165) is 4.68 Å². The van der Waals surface area contributed by atoms with Crippen molar-refractivity contribution in [3.8, 4) is 0 Å². The first-order chi connectivity index (χ1) is 7.27. The Balaban J connectivity index is 2.20. The predicted octanol–water partition coefficient (Wildman–Crippen LogP) is 0.719. The molecule has 0 amide bonds. The quantitative estimate of drug-likeness (QED) is 0.691. The Labute approximate surface area is 85.0 Å². The Morgan fingerprint density at radius 3 is 2.93 bits per heavy atom. The first-order valence-corrected chi connectivity index (χ1v) is 4.36. The summed E-state index contributed by atoms with van der Waals surface area (Å²) in [4.78, 5) is 22.8. The highest BCUT2D eigenvalue weighted by atomic mass is 16.3. The third-order valence-electron chi connectivity index (χ3n) is 1.87. The van der Waals surface area contributed by atoms with E-state index in [1.54, 1.807) is 12.1 Å². The molecule has 0 aliphatic carbocycles. The van der Waals surface area contributed by atoms with E-state index in [4.69, 9.17) is 4.42 Å². The van der Waals surface area contributed by atoms with Gasteiger partial charge in [-0.05, 0) is 18.2 Å². The van der Waals surface area contributed by atoms with Gasteiger partial charge in [-0.15, -0.1) is 0 Å². The van der Waals surface area contributed by atoms with Gasteiger partial charge in [-0.3, -0.25) is 9.59 Å². The first-order valence-electron chi connectivity index (χ1n) is 4.36. The molecule has 2 heterocycles. The molecule has 5 heteroatoms. The fraction of sp³-hybridized carbons (Fsp3) is 0.100. The molecule has 0 fully saturated rings. The molecule has 76 valence electrons. The van der Waals surface area contributed by atoms with E-state index in [2.05, 4.69) is 5.10 Å². The van der Waals surface area contributed by atoms with Crippen molar-refractivity contribution < 1.29 is 9.21 Å². The molecular weight excluding hydrogens is 196 g/mol. The number of carbonyl (C=O) groups excluding carboxylic acids is 1. The smallest absolute Gasteiger partial charge is 0.267 e. The predicted molar refractivity (Wildman–Crippen MR) is 51.5 cm³/mol. The Hall–Kier alpha value is -2.17. The van der Waals surface area contributed by atoms with Gasteiger partial charge in [0.2, 0.25) is 5.78 Å². The summed E-state index contributed by atoms with van der Waals surface area (Å²) in [6, 6.07) is 6.04. The van der Waals surface area contributed by atoms with Crippen LogP contribution in [-0.2, 0) is 6.54 Å². The summed E-state index contributed by atoms with van der Waals surface area (Å²) in [5.74, 6) is -0.0478. The largest absolute Gasteiger partial charge is 0.461 e. The van der Waals surface area contributed by atoms with Crippen LogP contribution in [0.1, 0.15) is 10.6 Å². The average molecular weight is 204 g/mol. The van der Waals surface area contributed by atoms with Crippen molar-refractivity contribution in [2.75, 3.05) is 0 Å². The van der Waals surface area contributed by atoms with Crippen molar-refractivity contribution in [1.82, 2.24) is 9.78 Å². The molecule has 0 aliphatic heterocycles. The summed E-state index contributed by atoms with van der Waals surface area (Å²) in [6.45, 7) is -0.104. The lowest BCUT2D eigenvalue weighted by molar-refractivity contribution is 0.0938. The first kappa shape index (κ1) is 9.39. The number of hydrogen-bond acceptors (Lipinski definition) is 4. The highest BCUT2D eigenvalue weighted by molar-refractivity contribution is 5.93. The van der Waals surface area contributed by atoms with Crippen LogP contribution in [-0.4, -0.2) is 15.6 Å². The molecule has 2 aromatic heterocycles. The lowest BCUT2D eigenvalue weighted by Crippen LogP contribution is -2.25. The zero-order valence-corrected chi connectivity index (χ0v) is 7.79. The number of rotatable bonds is 3. The van der Waals surface area contributed by atoms with Crippen LogP contribution in [0, 0.1) is 0 Å². The maximum Gasteiger partial charge on any atom is 0.267 e. The monoisotopic (exact) mass is 204 g/mol. The van der Waals surface area contributed by atoms with Crippen molar-refractivity contribution >= 4 is 5.78 Å². The van der Waals surface area contributed by atoms with E-state index in [0.29, 0.717) is 0 Å². The van der Waals surface area contributed by atoms with Crippen LogP contribution in [0.15, 0.2) is 45.9 Å². The summed E-state index contributed by atoms with van der Waals surface area (Å²) in [6.07, 6.45) is 2.87. The summed E-state index contributed by atoms with van der Waals surface area (Å²) < 4.78 is 6.00. The van der Waals surface area contributed by atoms with Gasteiger partial charge >= 0.3 is 0 Å². The second kappa shape index (κ2) is 3.91. The zero-order chi connectivity index (χ0) is 10.7. The van der Waals surface area contributed by atoms with Crippen LogP contribution < -0.4 is 5.56 Å². The Kier molecular flexibility index (Phi) is 2.45. The van der Waals surface area contributed by atoms with Crippen LogP contribution >= 0.6 is 0 Å². The van der Waals surface area contributed by atoms with E-state index < -0.39 is 0 Å². The lowest BCUT2D eigenvalue weighted by Gasteiger charge is -1.99. The van der Waals surface area contributed by atoms with Gasteiger partial charge in [0.25, 0.3) is 5.56 Å². The summed E-state index contributed by atoms with van der Waals surface area (Å²) >= 11 is 0. The number of Topliss-reactive ketones (excluding diaryl/α,β-unsaturated/α-hetero) is 1. The molecule has 0 saturated heterocycles. The molecular formula is C10H8N2O3. The maximum absolute atomic E-state index is 11.5. The van der Waals surface area contributed by atoms with Crippen LogP contribution in [0.3, 0.4) is 0 Å². The third-order valence-corrected chi connectivity index (χ3v) is 1.87. The molecule has 0 aromatic carbocycles. The molecule has 5 nitrogen and oxygen atoms in total. The molecule has 0 spiro atoms. The van der Waals surface area contributed by atoms with Gasteiger partial charge in [0, 0.05) is 12.3 Å². The maximum atomic E-state index is 11.5. The fourth-order valence-electron chi connectivity index (χ4n) is 1.16. The van der Waals surface area contributed by atoms with E-state index >= 15 is 0 Å². The van der Waals surface area contributed by atoms with Crippen molar-refractivity contribution in [2.45, 2.75) is 6.54 Å². The van der Waals surface area contributed by atoms with Crippen LogP contribution in [0.25, 0.3) is 0 Å². The number of carbonyl (C=O) groups is 1. The van der Waals surface area contributed by atoms with E-state index in [-0.39, 0.29) is 23.6 Å². The molecule has 0 unspecified atom stereocenters. The van der Waals surface area contributed by atoms with E-state index in [1.165, 1.54) is 24.6 Å². The van der Waals surface area contributed by atoms with Crippen LogP contribution in [0.5, 0.6) is 0 Å². The highest BCUT2D eigenvalue weighted by Crippen LogP contribution is 2.01. The second-order valence-corrected chi connectivity index (χ2v) is 2.92. The minimum atomic E-state index is -0.308. The fourth-order valence-corrected chi connectivity index (χ4v) is 1.16. The number of nitrogens with zero attached hydrogens (tertiary/aromatic N) is 2. The lowest BCUT2D eigenvalue weighted by atomic mass is 10.3. The highest BCUT2D eigenvalue weighted by Gasteiger charge is 2.10. The van der Waals surface area contributed by atoms with Crippen molar-refractivity contribution in [1.29, 1.82) is 0 Å². The Morgan fingerprint density at radius 2 is 2.27 bits per heavy atom. The van der Waals surface area contributed by atoms with Gasteiger partial charge in [-0.25, -0.2) is 4.68 Å². The number of hydrogen-bond donors (Lipinski definition) is 0. The topological polar surface area (TPSA) is 65.1 Å². The number of ketones is 1. The Morgan fingerprint density at radius 1 is 1.40 bits per heavy atom. The number of furan rings is 1. The zero-order valence-electron chi connectivity index (χ0n) is 7.79. The molecule has 0 N–H and O–H groups in total. The summed E-state index contributed by atoms with van der Waals surface area (Å²) in [5, 5.41) is 3.77. The molecule has 0 radical (unpaired) electrons. The summed E-state index contributed by atoms with van der Waals surface area (Å²) in [7, 11) is 0. The molecule has 2 rings (SSSR count).